The van der Waals surface area contributed by atoms with Crippen molar-refractivity contribution in [3.63, 3.8) is 0 Å². The van der Waals surface area contributed by atoms with Crippen molar-refractivity contribution in [2.24, 2.45) is 0 Å². The van der Waals surface area contributed by atoms with Crippen molar-refractivity contribution < 1.29 is 28.6 Å². The highest BCUT2D eigenvalue weighted by molar-refractivity contribution is 5.71. The molecule has 320 valence electrons. The molecule has 0 bridgehead atoms. The first kappa shape index (κ1) is 52.4. The molecule has 0 unspecified atom stereocenters. The molecule has 0 aromatic heterocycles. The van der Waals surface area contributed by atoms with Gasteiger partial charge in [-0.1, -0.05) is 233 Å². The first-order chi connectivity index (χ1) is 26.5. The zero-order valence-corrected chi connectivity index (χ0v) is 36.5. The van der Waals surface area contributed by atoms with E-state index in [1.807, 2.05) is 0 Å². The molecule has 1 atom stereocenters. The van der Waals surface area contributed by atoms with Crippen LogP contribution in [0.3, 0.4) is 0 Å². The van der Waals surface area contributed by atoms with Crippen LogP contribution in [-0.4, -0.2) is 37.2 Å². The Morgan fingerprint density at radius 1 is 0.296 bits per heavy atom. The van der Waals surface area contributed by atoms with Gasteiger partial charge in [0.05, 0.1) is 0 Å². The topological polar surface area (TPSA) is 78.9 Å². The van der Waals surface area contributed by atoms with Gasteiger partial charge in [0.25, 0.3) is 0 Å². The highest BCUT2D eigenvalue weighted by Crippen LogP contribution is 2.16. The molecule has 0 rings (SSSR count). The predicted molar refractivity (Wildman–Crippen MR) is 229 cm³/mol. The molecule has 54 heavy (non-hydrogen) atoms. The fourth-order valence-electron chi connectivity index (χ4n) is 7.21. The van der Waals surface area contributed by atoms with E-state index in [4.69, 9.17) is 14.2 Å². The van der Waals surface area contributed by atoms with E-state index in [1.165, 1.54) is 173 Å². The van der Waals surface area contributed by atoms with Gasteiger partial charge < -0.3 is 14.2 Å². The van der Waals surface area contributed by atoms with Crippen molar-refractivity contribution in [3.8, 4) is 0 Å². The SMILES string of the molecule is CCCCCCCCCCCCCCCCCCCCCC(=O)O[C@@H](COC(=O)CCCCCCCCC)COC(=O)CCCCCCCCCCCC. The van der Waals surface area contributed by atoms with Crippen LogP contribution in [0.4, 0.5) is 0 Å². The summed E-state index contributed by atoms with van der Waals surface area (Å²) < 4.78 is 16.7. The Morgan fingerprint density at radius 2 is 0.500 bits per heavy atom. The summed E-state index contributed by atoms with van der Waals surface area (Å²) >= 11 is 0. The largest absolute Gasteiger partial charge is 0.462 e. The molecule has 0 aliphatic heterocycles. The third kappa shape index (κ3) is 41.6. The summed E-state index contributed by atoms with van der Waals surface area (Å²) in [5.74, 6) is -0.857. The monoisotopic (exact) mass is 765 g/mol. The summed E-state index contributed by atoms with van der Waals surface area (Å²) in [5.41, 5.74) is 0. The molecule has 6 heteroatoms. The lowest BCUT2D eigenvalue weighted by Gasteiger charge is -2.18. The molecule has 0 aliphatic carbocycles. The number of rotatable bonds is 44. The zero-order chi connectivity index (χ0) is 39.4. The van der Waals surface area contributed by atoms with Gasteiger partial charge in [0.2, 0.25) is 0 Å². The first-order valence-corrected chi connectivity index (χ1v) is 24.0. The molecule has 6 nitrogen and oxygen atoms in total. The van der Waals surface area contributed by atoms with Crippen LogP contribution in [0, 0.1) is 0 Å². The Bertz CT molecular complexity index is 798. The molecule has 0 fully saturated rings. The summed E-state index contributed by atoms with van der Waals surface area (Å²) in [5, 5.41) is 0. The van der Waals surface area contributed by atoms with Gasteiger partial charge in [0.15, 0.2) is 6.10 Å². The first-order valence-electron chi connectivity index (χ1n) is 24.0. The number of carbonyl (C=O) groups excluding carboxylic acids is 3. The third-order valence-electron chi connectivity index (χ3n) is 10.9. The Morgan fingerprint density at radius 3 is 0.741 bits per heavy atom. The maximum absolute atomic E-state index is 12.7. The minimum Gasteiger partial charge on any atom is -0.462 e. The quantitative estimate of drug-likeness (QED) is 0.0349. The molecule has 0 aliphatic rings. The Hall–Kier alpha value is -1.59. The highest BCUT2D eigenvalue weighted by Gasteiger charge is 2.19. The maximum Gasteiger partial charge on any atom is 0.306 e. The smallest absolute Gasteiger partial charge is 0.306 e. The lowest BCUT2D eigenvalue weighted by atomic mass is 10.0. The second-order valence-corrected chi connectivity index (χ2v) is 16.4. The molecule has 0 N–H and O–H groups in total. The van der Waals surface area contributed by atoms with E-state index in [0.717, 1.165) is 57.8 Å². The van der Waals surface area contributed by atoms with Crippen molar-refractivity contribution in [2.45, 2.75) is 277 Å². The Kier molecular flexibility index (Phi) is 42.8. The summed E-state index contributed by atoms with van der Waals surface area (Å²) in [4.78, 5) is 37.6. The Balaban J connectivity index is 4.17. The van der Waals surface area contributed by atoms with Gasteiger partial charge in [-0.3, -0.25) is 14.4 Å². The second kappa shape index (κ2) is 44.1. The van der Waals surface area contributed by atoms with Crippen LogP contribution in [0.25, 0.3) is 0 Å². The molecule has 0 radical (unpaired) electrons. The van der Waals surface area contributed by atoms with E-state index in [0.29, 0.717) is 19.3 Å². The van der Waals surface area contributed by atoms with E-state index < -0.39 is 6.10 Å². The molecule has 0 amide bonds. The minimum atomic E-state index is -0.757. The minimum absolute atomic E-state index is 0.0633. The lowest BCUT2D eigenvalue weighted by Crippen LogP contribution is -2.30. The van der Waals surface area contributed by atoms with Gasteiger partial charge in [-0.25, -0.2) is 0 Å². The van der Waals surface area contributed by atoms with E-state index in [-0.39, 0.29) is 31.1 Å². The highest BCUT2D eigenvalue weighted by atomic mass is 16.6. The number of esters is 3. The number of hydrogen-bond donors (Lipinski definition) is 0. The van der Waals surface area contributed by atoms with E-state index in [2.05, 4.69) is 20.8 Å². The van der Waals surface area contributed by atoms with Gasteiger partial charge >= 0.3 is 17.9 Å². The van der Waals surface area contributed by atoms with Gasteiger partial charge in [0, 0.05) is 19.3 Å². The summed E-state index contributed by atoms with van der Waals surface area (Å²) in [6.07, 6.45) is 45.3. The van der Waals surface area contributed by atoms with Crippen LogP contribution >= 0.6 is 0 Å². The normalized spacial score (nSPS) is 11.8. The van der Waals surface area contributed by atoms with Crippen molar-refractivity contribution in [3.05, 3.63) is 0 Å². The summed E-state index contributed by atoms with van der Waals surface area (Å²) in [6, 6.07) is 0. The van der Waals surface area contributed by atoms with Crippen LogP contribution in [0.5, 0.6) is 0 Å². The van der Waals surface area contributed by atoms with Gasteiger partial charge in [-0.05, 0) is 19.3 Å². The number of carbonyl (C=O) groups is 3. The third-order valence-corrected chi connectivity index (χ3v) is 10.9. The van der Waals surface area contributed by atoms with Gasteiger partial charge in [-0.15, -0.1) is 0 Å². The van der Waals surface area contributed by atoms with Gasteiger partial charge in [0.1, 0.15) is 13.2 Å². The molecule has 0 spiro atoms. The molecule has 0 heterocycles. The standard InChI is InChI=1S/C48H92O6/c1-4-7-10-13-16-18-20-21-22-23-24-25-26-27-28-30-33-36-39-42-48(51)54-45(43-52-46(49)40-37-34-31-15-12-9-6-3)44-53-47(50)41-38-35-32-29-19-17-14-11-8-5-2/h45H,4-44H2,1-3H3/t45-/m0/s1. The fourth-order valence-corrected chi connectivity index (χ4v) is 7.21. The van der Waals surface area contributed by atoms with Crippen molar-refractivity contribution in [1.82, 2.24) is 0 Å². The fraction of sp³-hybridized carbons (Fsp3) is 0.938. The second-order valence-electron chi connectivity index (χ2n) is 16.4. The van der Waals surface area contributed by atoms with E-state index in [9.17, 15) is 14.4 Å². The van der Waals surface area contributed by atoms with E-state index >= 15 is 0 Å². The maximum atomic E-state index is 12.7. The van der Waals surface area contributed by atoms with Crippen molar-refractivity contribution in [1.29, 1.82) is 0 Å². The summed E-state index contributed by atoms with van der Waals surface area (Å²) in [6.45, 7) is 6.61. The lowest BCUT2D eigenvalue weighted by molar-refractivity contribution is -0.167. The van der Waals surface area contributed by atoms with Crippen LogP contribution in [0.15, 0.2) is 0 Å². The molecule has 0 saturated heterocycles. The summed E-state index contributed by atoms with van der Waals surface area (Å²) in [7, 11) is 0. The average Bonchev–Trinajstić information content (AvgIpc) is 3.17. The number of unbranched alkanes of at least 4 members (excludes halogenated alkanes) is 33. The van der Waals surface area contributed by atoms with E-state index in [1.54, 1.807) is 0 Å². The number of hydrogen-bond acceptors (Lipinski definition) is 6. The van der Waals surface area contributed by atoms with Crippen LogP contribution < -0.4 is 0 Å². The molecular weight excluding hydrogens is 673 g/mol. The van der Waals surface area contributed by atoms with Crippen molar-refractivity contribution >= 4 is 17.9 Å². The Labute approximate surface area is 336 Å². The average molecular weight is 765 g/mol. The van der Waals surface area contributed by atoms with Gasteiger partial charge in [-0.2, -0.15) is 0 Å². The zero-order valence-electron chi connectivity index (χ0n) is 36.5. The molecule has 0 aromatic carbocycles. The molecule has 0 aromatic rings. The van der Waals surface area contributed by atoms with Crippen LogP contribution in [0.1, 0.15) is 271 Å². The predicted octanol–water partition coefficient (Wildman–Crippen LogP) is 15.3. The molecular formula is C48H92O6. The molecule has 0 saturated carbocycles. The van der Waals surface area contributed by atoms with Crippen LogP contribution in [0.2, 0.25) is 0 Å². The number of ether oxygens (including phenoxy) is 3. The van der Waals surface area contributed by atoms with Crippen molar-refractivity contribution in [2.75, 3.05) is 13.2 Å². The van der Waals surface area contributed by atoms with Crippen LogP contribution in [-0.2, 0) is 28.6 Å².